The first-order valence-corrected chi connectivity index (χ1v) is 3.05. The molecule has 1 atom stereocenters. The van der Waals surface area contributed by atoms with Crippen molar-refractivity contribution in [2.24, 2.45) is 5.73 Å². The Morgan fingerprint density at radius 3 is 3.00 bits per heavy atom. The van der Waals surface area contributed by atoms with Gasteiger partial charge in [0.15, 0.2) is 0 Å². The van der Waals surface area contributed by atoms with Crippen LogP contribution in [0.1, 0.15) is 12.5 Å². The van der Waals surface area contributed by atoms with Gasteiger partial charge in [0.25, 0.3) is 0 Å². The van der Waals surface area contributed by atoms with Gasteiger partial charge in [-0.2, -0.15) is 5.10 Å². The molecule has 1 aromatic rings. The minimum absolute atomic E-state index is 0.0213. The van der Waals surface area contributed by atoms with Crippen molar-refractivity contribution in [2.75, 3.05) is 6.54 Å². The van der Waals surface area contributed by atoms with Gasteiger partial charge in [0.1, 0.15) is 5.67 Å². The minimum atomic E-state index is -1.45. The normalized spacial score (nSPS) is 16.7. The maximum absolute atomic E-state index is 13.2. The van der Waals surface area contributed by atoms with Gasteiger partial charge in [-0.05, 0) is 6.92 Å². The molecule has 56 valence electrons. The van der Waals surface area contributed by atoms with Crippen molar-refractivity contribution in [1.29, 1.82) is 0 Å². The molecule has 1 unspecified atom stereocenters. The quantitative estimate of drug-likeness (QED) is 0.635. The highest BCUT2D eigenvalue weighted by Crippen LogP contribution is 2.21. The maximum atomic E-state index is 13.2. The predicted octanol–water partition coefficient (Wildman–Crippen LogP) is 0.553. The Morgan fingerprint density at radius 1 is 1.90 bits per heavy atom. The molecule has 1 heterocycles. The van der Waals surface area contributed by atoms with Crippen molar-refractivity contribution < 1.29 is 4.39 Å². The number of nitrogens with zero attached hydrogens (tertiary/aromatic N) is 1. The molecule has 0 saturated carbocycles. The lowest BCUT2D eigenvalue weighted by molar-refractivity contribution is 0.203. The Hall–Kier alpha value is -0.900. The monoisotopic (exact) mass is 143 g/mol. The van der Waals surface area contributed by atoms with Crippen LogP contribution in [0, 0.1) is 0 Å². The Morgan fingerprint density at radius 2 is 2.60 bits per heavy atom. The molecular formula is C6H10FN3. The van der Waals surface area contributed by atoms with Gasteiger partial charge in [-0.3, -0.25) is 5.10 Å². The second-order valence-corrected chi connectivity index (χ2v) is 2.39. The van der Waals surface area contributed by atoms with E-state index in [9.17, 15) is 4.39 Å². The summed E-state index contributed by atoms with van der Waals surface area (Å²) in [5, 5.41) is 6.14. The van der Waals surface area contributed by atoms with E-state index in [1.165, 1.54) is 19.3 Å². The van der Waals surface area contributed by atoms with Gasteiger partial charge in [0.05, 0.1) is 6.20 Å². The van der Waals surface area contributed by atoms with Gasteiger partial charge in [-0.25, -0.2) is 4.39 Å². The van der Waals surface area contributed by atoms with Crippen LogP contribution in [0.4, 0.5) is 4.39 Å². The molecule has 0 fully saturated rings. The fourth-order valence-electron chi connectivity index (χ4n) is 0.654. The fourth-order valence-corrected chi connectivity index (χ4v) is 0.654. The molecule has 1 rings (SSSR count). The summed E-state index contributed by atoms with van der Waals surface area (Å²) in [6, 6.07) is 0. The van der Waals surface area contributed by atoms with Crippen LogP contribution in [0.25, 0.3) is 0 Å². The number of alkyl halides is 1. The van der Waals surface area contributed by atoms with Gasteiger partial charge in [0.2, 0.25) is 0 Å². The van der Waals surface area contributed by atoms with Crippen molar-refractivity contribution in [3.63, 3.8) is 0 Å². The molecule has 3 nitrogen and oxygen atoms in total. The van der Waals surface area contributed by atoms with Crippen LogP contribution in [-0.2, 0) is 5.67 Å². The van der Waals surface area contributed by atoms with Crippen molar-refractivity contribution >= 4 is 0 Å². The maximum Gasteiger partial charge on any atom is 0.148 e. The lowest BCUT2D eigenvalue weighted by atomic mass is 10.0. The molecular weight excluding hydrogens is 133 g/mol. The van der Waals surface area contributed by atoms with Crippen molar-refractivity contribution in [3.8, 4) is 0 Å². The third kappa shape index (κ3) is 1.16. The van der Waals surface area contributed by atoms with E-state index in [1.807, 2.05) is 0 Å². The molecule has 0 radical (unpaired) electrons. The topological polar surface area (TPSA) is 54.7 Å². The van der Waals surface area contributed by atoms with Crippen LogP contribution in [0.15, 0.2) is 12.4 Å². The smallest absolute Gasteiger partial charge is 0.148 e. The molecule has 0 saturated heterocycles. The Labute approximate surface area is 58.4 Å². The number of aromatic amines is 1. The SMILES string of the molecule is CC(F)(CN)c1cn[nH]c1. The molecule has 0 spiro atoms. The standard InChI is InChI=1S/C6H10FN3/c1-6(7,4-8)5-2-9-10-3-5/h2-3H,4,8H2,1H3,(H,9,10). The van der Waals surface area contributed by atoms with Gasteiger partial charge in [-0.1, -0.05) is 0 Å². The molecule has 3 N–H and O–H groups in total. The first kappa shape index (κ1) is 7.21. The highest BCUT2D eigenvalue weighted by Gasteiger charge is 2.24. The molecule has 1 aromatic heterocycles. The predicted molar refractivity (Wildman–Crippen MR) is 36.1 cm³/mol. The average molecular weight is 143 g/mol. The molecule has 0 aliphatic heterocycles. The van der Waals surface area contributed by atoms with Gasteiger partial charge in [-0.15, -0.1) is 0 Å². The van der Waals surface area contributed by atoms with Crippen LogP contribution in [0.2, 0.25) is 0 Å². The second-order valence-electron chi connectivity index (χ2n) is 2.39. The third-order valence-corrected chi connectivity index (χ3v) is 1.48. The lowest BCUT2D eigenvalue weighted by Crippen LogP contribution is -2.25. The van der Waals surface area contributed by atoms with Crippen LogP contribution in [0.5, 0.6) is 0 Å². The van der Waals surface area contributed by atoms with Crippen molar-refractivity contribution in [1.82, 2.24) is 10.2 Å². The third-order valence-electron chi connectivity index (χ3n) is 1.48. The number of rotatable bonds is 2. The summed E-state index contributed by atoms with van der Waals surface area (Å²) < 4.78 is 13.2. The molecule has 4 heteroatoms. The summed E-state index contributed by atoms with van der Waals surface area (Å²) in [7, 11) is 0. The van der Waals surface area contributed by atoms with E-state index in [0.717, 1.165) is 0 Å². The lowest BCUT2D eigenvalue weighted by Gasteiger charge is -2.14. The number of halogens is 1. The van der Waals surface area contributed by atoms with Crippen LogP contribution >= 0.6 is 0 Å². The summed E-state index contributed by atoms with van der Waals surface area (Å²) in [5.74, 6) is 0. The zero-order valence-electron chi connectivity index (χ0n) is 5.76. The van der Waals surface area contributed by atoms with E-state index in [2.05, 4.69) is 10.2 Å². The molecule has 0 aromatic carbocycles. The zero-order chi connectivity index (χ0) is 7.61. The van der Waals surface area contributed by atoms with E-state index in [-0.39, 0.29) is 6.54 Å². The van der Waals surface area contributed by atoms with Crippen LogP contribution in [-0.4, -0.2) is 16.7 Å². The molecule has 0 aliphatic carbocycles. The molecule has 10 heavy (non-hydrogen) atoms. The zero-order valence-corrected chi connectivity index (χ0v) is 5.76. The Kier molecular flexibility index (Phi) is 1.72. The fraction of sp³-hybridized carbons (Fsp3) is 0.500. The summed E-state index contributed by atoms with van der Waals surface area (Å²) in [6.45, 7) is 1.41. The van der Waals surface area contributed by atoms with E-state index >= 15 is 0 Å². The van der Waals surface area contributed by atoms with Gasteiger partial charge in [0, 0.05) is 18.3 Å². The summed E-state index contributed by atoms with van der Waals surface area (Å²) in [4.78, 5) is 0. The number of hydrogen-bond acceptors (Lipinski definition) is 2. The highest BCUT2D eigenvalue weighted by atomic mass is 19.1. The second kappa shape index (κ2) is 2.38. The number of nitrogens with one attached hydrogen (secondary N) is 1. The van der Waals surface area contributed by atoms with E-state index in [1.54, 1.807) is 0 Å². The van der Waals surface area contributed by atoms with Crippen molar-refractivity contribution in [2.45, 2.75) is 12.6 Å². The number of nitrogens with two attached hydrogens (primary N) is 1. The highest BCUT2D eigenvalue weighted by molar-refractivity contribution is 5.13. The Balaban J connectivity index is 2.85. The van der Waals surface area contributed by atoms with E-state index < -0.39 is 5.67 Å². The van der Waals surface area contributed by atoms with Gasteiger partial charge >= 0.3 is 0 Å². The largest absolute Gasteiger partial charge is 0.327 e. The minimum Gasteiger partial charge on any atom is -0.327 e. The molecule has 0 bridgehead atoms. The first-order chi connectivity index (χ1) is 4.67. The average Bonchev–Trinajstić information content (AvgIpc) is 2.38. The summed E-state index contributed by atoms with van der Waals surface area (Å²) >= 11 is 0. The molecule has 0 aliphatic rings. The number of aromatic nitrogens is 2. The van der Waals surface area contributed by atoms with Crippen molar-refractivity contribution in [3.05, 3.63) is 18.0 Å². The van der Waals surface area contributed by atoms with E-state index in [4.69, 9.17) is 5.73 Å². The van der Waals surface area contributed by atoms with E-state index in [0.29, 0.717) is 5.56 Å². The first-order valence-electron chi connectivity index (χ1n) is 3.05. The van der Waals surface area contributed by atoms with Crippen LogP contribution < -0.4 is 5.73 Å². The molecule has 0 amide bonds. The van der Waals surface area contributed by atoms with Crippen LogP contribution in [0.3, 0.4) is 0 Å². The van der Waals surface area contributed by atoms with Gasteiger partial charge < -0.3 is 5.73 Å². The summed E-state index contributed by atoms with van der Waals surface area (Å²) in [5.41, 5.74) is 4.22. The number of H-pyrrole nitrogens is 1. The Bertz CT molecular complexity index is 193. The summed E-state index contributed by atoms with van der Waals surface area (Å²) in [6.07, 6.45) is 2.94. The number of hydrogen-bond donors (Lipinski definition) is 2.